The summed E-state index contributed by atoms with van der Waals surface area (Å²) in [5, 5.41) is 67.0. The van der Waals surface area contributed by atoms with Crippen LogP contribution in [0.15, 0.2) is 109 Å². The summed E-state index contributed by atoms with van der Waals surface area (Å²) in [5.74, 6) is -7.90. The summed E-state index contributed by atoms with van der Waals surface area (Å²) in [5.41, 5.74) is 7.60. The number of hydrogen-bond acceptors (Lipinski definition) is 13. The summed E-state index contributed by atoms with van der Waals surface area (Å²) >= 11 is 0. The lowest BCUT2D eigenvalue weighted by Crippen LogP contribution is -2.61. The molecule has 21 heteroatoms. The van der Waals surface area contributed by atoms with Crippen LogP contribution in [0.4, 0.5) is 0 Å². The molecule has 0 aliphatic heterocycles. The van der Waals surface area contributed by atoms with Gasteiger partial charge in [-0.3, -0.25) is 33.6 Å². The third-order valence-electron chi connectivity index (χ3n) is 10.4. The number of nitrogens with two attached hydrogens (primary N) is 1. The van der Waals surface area contributed by atoms with Gasteiger partial charge in [-0.05, 0) is 53.4 Å². The Morgan fingerprint density at radius 2 is 0.853 bits per heavy atom. The van der Waals surface area contributed by atoms with Gasteiger partial charge >= 0.3 is 5.97 Å². The number of carboxylic acids is 1. The summed E-state index contributed by atoms with van der Waals surface area (Å²) in [6.07, 6.45) is -2.09. The minimum absolute atomic E-state index is 0.0418. The molecule has 0 aliphatic rings. The number of aromatic hydroxyl groups is 2. The number of phenols is 2. The molecule has 4 rings (SSSR count). The molecular weight excluding hydrogens is 885 g/mol. The van der Waals surface area contributed by atoms with Crippen molar-refractivity contribution >= 4 is 47.3 Å². The van der Waals surface area contributed by atoms with Gasteiger partial charge in [0.1, 0.15) is 47.8 Å². The Morgan fingerprint density at radius 1 is 0.485 bits per heavy atom. The summed E-state index contributed by atoms with van der Waals surface area (Å²) in [7, 11) is 0. The highest BCUT2D eigenvalue weighted by atomic mass is 16.4. The van der Waals surface area contributed by atoms with Crippen molar-refractivity contribution in [3.8, 4) is 11.5 Å². The molecule has 4 aromatic rings. The zero-order chi connectivity index (χ0) is 49.8. The average Bonchev–Trinajstić information content (AvgIpc) is 3.32. The number of rotatable bonds is 25. The van der Waals surface area contributed by atoms with Gasteiger partial charge in [-0.1, -0.05) is 84.9 Å². The quantitative estimate of drug-likeness (QED) is 0.0336. The molecule has 0 aromatic heterocycles. The third kappa shape index (κ3) is 17.2. The highest BCUT2D eigenvalue weighted by Gasteiger charge is 2.34. The van der Waals surface area contributed by atoms with Gasteiger partial charge in [-0.2, -0.15) is 0 Å². The van der Waals surface area contributed by atoms with Gasteiger partial charge in [-0.15, -0.1) is 0 Å². The van der Waals surface area contributed by atoms with Crippen molar-refractivity contribution in [1.29, 1.82) is 0 Å². The van der Waals surface area contributed by atoms with E-state index >= 15 is 0 Å². The number of aliphatic hydroxyl groups is 2. The maximum Gasteiger partial charge on any atom is 0.326 e. The molecule has 4 aromatic carbocycles. The lowest BCUT2D eigenvalue weighted by Gasteiger charge is -2.27. The van der Waals surface area contributed by atoms with Crippen molar-refractivity contribution in [2.45, 2.75) is 75.0 Å². The van der Waals surface area contributed by atoms with E-state index in [9.17, 15) is 63.9 Å². The van der Waals surface area contributed by atoms with Gasteiger partial charge in [0.2, 0.25) is 41.4 Å². The van der Waals surface area contributed by atoms with Crippen molar-refractivity contribution < 1.29 is 63.9 Å². The van der Waals surface area contributed by atoms with Crippen LogP contribution in [-0.4, -0.2) is 135 Å². The van der Waals surface area contributed by atoms with Gasteiger partial charge in [0, 0.05) is 25.7 Å². The first-order valence-corrected chi connectivity index (χ1v) is 21.4. The second kappa shape index (κ2) is 26.3. The molecule has 21 nitrogen and oxygen atoms in total. The van der Waals surface area contributed by atoms with Crippen LogP contribution in [0.2, 0.25) is 0 Å². The van der Waals surface area contributed by atoms with Crippen molar-refractivity contribution in [2.24, 2.45) is 5.73 Å². The Hall–Kier alpha value is -7.88. The molecule has 0 bridgehead atoms. The number of carboxylic acid groups (broad SMARTS) is 1. The summed E-state index contributed by atoms with van der Waals surface area (Å²) in [4.78, 5) is 106. The molecule has 7 atom stereocenters. The largest absolute Gasteiger partial charge is 0.508 e. The highest BCUT2D eigenvalue weighted by molar-refractivity contribution is 5.97. The molecule has 0 saturated heterocycles. The number of hydrogen-bond donors (Lipinski definition) is 13. The predicted octanol–water partition coefficient (Wildman–Crippen LogP) is -2.19. The molecule has 0 spiro atoms. The van der Waals surface area contributed by atoms with Crippen molar-refractivity contribution in [1.82, 2.24) is 37.2 Å². The molecule has 68 heavy (non-hydrogen) atoms. The minimum atomic E-state index is -1.73. The Morgan fingerprint density at radius 3 is 1.28 bits per heavy atom. The van der Waals surface area contributed by atoms with Gasteiger partial charge in [0.25, 0.3) is 0 Å². The number of benzene rings is 4. The van der Waals surface area contributed by atoms with Gasteiger partial charge in [0.15, 0.2) is 0 Å². The monoisotopic (exact) mass is 940 g/mol. The van der Waals surface area contributed by atoms with Crippen LogP contribution in [0.25, 0.3) is 0 Å². The van der Waals surface area contributed by atoms with Crippen LogP contribution < -0.4 is 43.0 Å². The van der Waals surface area contributed by atoms with Crippen LogP contribution >= 0.6 is 0 Å². The standard InChI is InChI=1S/C47H56N8O13/c1-27(57)41(46(66)49-25-40(61)51-35(22-31-14-18-33(59)19-15-31)42(62)53-37(47(67)68)23-29-10-6-3-7-11-29)55-44(64)36(20-28-8-4-2-5-9-28)52-45(65)38(26-56)54-43(63)34(50-39(60)24-48)21-30-12-16-32(58)17-13-30/h2-19,27,34-38,41,56-59H,20-26,48H2,1H3,(H,49,66)(H,50,60)(H,51,61)(H,52,65)(H,53,62)(H,54,63)(H,55,64)(H,67,68)/t27-,34+,35+,36+,37+,38+,41+/m1/s1. The summed E-state index contributed by atoms with van der Waals surface area (Å²) < 4.78 is 0. The zero-order valence-electron chi connectivity index (χ0n) is 37.0. The molecule has 7 amide bonds. The van der Waals surface area contributed by atoms with Crippen LogP contribution in [0.1, 0.15) is 29.2 Å². The second-order valence-corrected chi connectivity index (χ2v) is 15.7. The average molecular weight is 941 g/mol. The SMILES string of the molecule is C[C@@H](O)[C@H](NC(=O)[C@H](Cc1ccccc1)NC(=O)[C@H](CO)NC(=O)[C@H](Cc1ccc(O)cc1)NC(=O)CN)C(=O)NCC(=O)N[C@@H](Cc1ccc(O)cc1)C(=O)N[C@@H](Cc1ccccc1)C(=O)O. The molecule has 0 saturated carbocycles. The van der Waals surface area contributed by atoms with Crippen molar-refractivity contribution in [3.05, 3.63) is 131 Å². The van der Waals surface area contributed by atoms with Crippen molar-refractivity contribution in [2.75, 3.05) is 19.7 Å². The summed E-state index contributed by atoms with van der Waals surface area (Å²) in [6.45, 7) is -1.03. The Labute approximate surface area is 390 Å². The van der Waals surface area contributed by atoms with Gasteiger partial charge in [0.05, 0.1) is 25.8 Å². The molecule has 0 heterocycles. The first-order chi connectivity index (χ1) is 32.5. The fourth-order valence-electron chi connectivity index (χ4n) is 6.71. The number of nitrogens with one attached hydrogen (secondary N) is 7. The number of carbonyl (C=O) groups is 8. The first-order valence-electron chi connectivity index (χ1n) is 21.4. The maximum atomic E-state index is 13.9. The van der Waals surface area contributed by atoms with E-state index in [2.05, 4.69) is 37.2 Å². The molecule has 0 fully saturated rings. The third-order valence-corrected chi connectivity index (χ3v) is 10.4. The topological polar surface area (TPSA) is 348 Å². The molecule has 14 N–H and O–H groups in total. The van der Waals surface area contributed by atoms with E-state index < -0.39 is 109 Å². The maximum absolute atomic E-state index is 13.9. The number of carbonyl (C=O) groups excluding carboxylic acids is 7. The summed E-state index contributed by atoms with van der Waals surface area (Å²) in [6, 6.07) is 19.4. The van der Waals surface area contributed by atoms with E-state index in [1.54, 1.807) is 60.7 Å². The number of amides is 7. The van der Waals surface area contributed by atoms with E-state index in [1.165, 1.54) is 55.5 Å². The molecule has 0 unspecified atom stereocenters. The Kier molecular flexibility index (Phi) is 20.4. The first kappa shape index (κ1) is 52.7. The molecule has 0 aliphatic carbocycles. The smallest absolute Gasteiger partial charge is 0.326 e. The highest BCUT2D eigenvalue weighted by Crippen LogP contribution is 2.14. The molecule has 0 radical (unpaired) electrons. The van der Waals surface area contributed by atoms with Crippen molar-refractivity contribution in [3.63, 3.8) is 0 Å². The van der Waals surface area contributed by atoms with E-state index in [-0.39, 0.29) is 37.2 Å². The van der Waals surface area contributed by atoms with E-state index in [4.69, 9.17) is 5.73 Å². The van der Waals surface area contributed by atoms with E-state index in [0.29, 0.717) is 22.3 Å². The number of aliphatic hydroxyl groups excluding tert-OH is 2. The number of phenolic OH excluding ortho intramolecular Hbond substituents is 2. The van der Waals surface area contributed by atoms with E-state index in [0.717, 1.165) is 0 Å². The van der Waals surface area contributed by atoms with Crippen LogP contribution in [-0.2, 0) is 64.0 Å². The van der Waals surface area contributed by atoms with E-state index in [1.807, 2.05) is 0 Å². The second-order valence-electron chi connectivity index (χ2n) is 15.7. The zero-order valence-corrected chi connectivity index (χ0v) is 37.0. The van der Waals surface area contributed by atoms with Crippen LogP contribution in [0, 0.1) is 0 Å². The van der Waals surface area contributed by atoms with Gasteiger partial charge < -0.3 is 68.5 Å². The molecular formula is C47H56N8O13. The van der Waals surface area contributed by atoms with Crippen LogP contribution in [0.5, 0.6) is 11.5 Å². The molecule has 362 valence electrons. The Balaban J connectivity index is 1.45. The predicted molar refractivity (Wildman–Crippen MR) is 244 cm³/mol. The fraction of sp³-hybridized carbons (Fsp3) is 0.319. The van der Waals surface area contributed by atoms with Crippen LogP contribution in [0.3, 0.4) is 0 Å². The lowest BCUT2D eigenvalue weighted by molar-refractivity contribution is -0.142. The van der Waals surface area contributed by atoms with Gasteiger partial charge in [-0.25, -0.2) is 4.79 Å². The number of aliphatic carboxylic acids is 1. The lowest BCUT2D eigenvalue weighted by atomic mass is 10.0. The minimum Gasteiger partial charge on any atom is -0.508 e. The fourth-order valence-corrected chi connectivity index (χ4v) is 6.71. The normalized spacial score (nSPS) is 13.9. The Bertz CT molecular complexity index is 2340.